The van der Waals surface area contributed by atoms with Crippen LogP contribution in [0.15, 0.2) is 0 Å². The summed E-state index contributed by atoms with van der Waals surface area (Å²) in [7, 11) is 0. The van der Waals surface area contributed by atoms with Crippen molar-refractivity contribution in [1.82, 2.24) is 4.98 Å². The molecule has 0 aromatic carbocycles. The number of rotatable bonds is 1. The van der Waals surface area contributed by atoms with Gasteiger partial charge in [0.25, 0.3) is 0 Å². The number of fused-ring (bicyclic) bond motifs is 3. The Balaban J connectivity index is 2.40. The lowest BCUT2D eigenvalue weighted by molar-refractivity contribution is 0.112. The molecule has 1 aliphatic rings. The van der Waals surface area contributed by atoms with Crippen molar-refractivity contribution in [3.63, 3.8) is 0 Å². The van der Waals surface area contributed by atoms with Gasteiger partial charge in [0.15, 0.2) is 6.29 Å². The van der Waals surface area contributed by atoms with E-state index in [0.29, 0.717) is 10.6 Å². The Bertz CT molecular complexity index is 618. The van der Waals surface area contributed by atoms with Crippen molar-refractivity contribution in [2.75, 3.05) is 0 Å². The summed E-state index contributed by atoms with van der Waals surface area (Å²) in [6, 6.07) is 0. The van der Waals surface area contributed by atoms with E-state index in [1.807, 2.05) is 6.92 Å². The van der Waals surface area contributed by atoms with Crippen LogP contribution in [-0.2, 0) is 12.8 Å². The Kier molecular flexibility index (Phi) is 2.68. The Morgan fingerprint density at radius 2 is 2.12 bits per heavy atom. The van der Waals surface area contributed by atoms with E-state index in [1.165, 1.54) is 23.3 Å². The second-order valence-electron chi connectivity index (χ2n) is 4.43. The molecule has 0 unspecified atom stereocenters. The molecule has 0 atom stereocenters. The van der Waals surface area contributed by atoms with E-state index in [1.54, 1.807) is 11.3 Å². The SMILES string of the molecule is Cc1nc2sc3c(c2c(Cl)c1C=O)CCCC3. The number of carbonyl (C=O) groups excluding carboxylic acids is 1. The Morgan fingerprint density at radius 3 is 2.88 bits per heavy atom. The summed E-state index contributed by atoms with van der Waals surface area (Å²) in [4.78, 5) is 18.0. The van der Waals surface area contributed by atoms with E-state index >= 15 is 0 Å². The van der Waals surface area contributed by atoms with Gasteiger partial charge in [-0.05, 0) is 38.2 Å². The van der Waals surface area contributed by atoms with Crippen molar-refractivity contribution in [2.45, 2.75) is 32.6 Å². The van der Waals surface area contributed by atoms with Crippen LogP contribution < -0.4 is 0 Å². The molecule has 4 heteroatoms. The van der Waals surface area contributed by atoms with Crippen LogP contribution in [-0.4, -0.2) is 11.3 Å². The predicted molar refractivity (Wildman–Crippen MR) is 71.4 cm³/mol. The highest BCUT2D eigenvalue weighted by atomic mass is 35.5. The normalized spacial score (nSPS) is 14.9. The van der Waals surface area contributed by atoms with E-state index in [0.717, 1.165) is 35.0 Å². The molecule has 0 saturated heterocycles. The quantitative estimate of drug-likeness (QED) is 0.731. The zero-order chi connectivity index (χ0) is 12.0. The Labute approximate surface area is 109 Å². The average molecular weight is 266 g/mol. The van der Waals surface area contributed by atoms with Gasteiger partial charge in [-0.2, -0.15) is 0 Å². The average Bonchev–Trinajstić information content (AvgIpc) is 2.67. The molecule has 2 aromatic rings. The first-order valence-electron chi connectivity index (χ1n) is 5.78. The van der Waals surface area contributed by atoms with Gasteiger partial charge in [0, 0.05) is 10.3 Å². The van der Waals surface area contributed by atoms with Gasteiger partial charge < -0.3 is 0 Å². The van der Waals surface area contributed by atoms with Crippen molar-refractivity contribution in [2.24, 2.45) is 0 Å². The zero-order valence-electron chi connectivity index (χ0n) is 9.55. The first-order chi connectivity index (χ1) is 8.22. The summed E-state index contributed by atoms with van der Waals surface area (Å²) in [5, 5.41) is 1.63. The maximum absolute atomic E-state index is 11.1. The van der Waals surface area contributed by atoms with Crippen LogP contribution in [0.2, 0.25) is 5.02 Å². The number of pyridine rings is 1. The lowest BCUT2D eigenvalue weighted by atomic mass is 9.96. The van der Waals surface area contributed by atoms with Crippen molar-refractivity contribution in [3.05, 3.63) is 26.7 Å². The number of hydrogen-bond donors (Lipinski definition) is 0. The van der Waals surface area contributed by atoms with Crippen LogP contribution >= 0.6 is 22.9 Å². The van der Waals surface area contributed by atoms with Crippen LogP contribution in [0.5, 0.6) is 0 Å². The van der Waals surface area contributed by atoms with Crippen molar-refractivity contribution >= 4 is 39.4 Å². The maximum atomic E-state index is 11.1. The molecule has 2 aromatic heterocycles. The number of thiophene rings is 1. The third-order valence-electron chi connectivity index (χ3n) is 3.39. The van der Waals surface area contributed by atoms with Crippen LogP contribution in [0.4, 0.5) is 0 Å². The molecule has 0 N–H and O–H groups in total. The summed E-state index contributed by atoms with van der Waals surface area (Å²) >= 11 is 8.10. The highest BCUT2D eigenvalue weighted by molar-refractivity contribution is 7.19. The molecule has 0 aliphatic heterocycles. The van der Waals surface area contributed by atoms with Gasteiger partial charge in [0.1, 0.15) is 4.83 Å². The summed E-state index contributed by atoms with van der Waals surface area (Å²) in [5.74, 6) is 0. The number of aldehydes is 1. The molecule has 0 radical (unpaired) electrons. The topological polar surface area (TPSA) is 30.0 Å². The summed E-state index contributed by atoms with van der Waals surface area (Å²) in [6.45, 7) is 1.84. The summed E-state index contributed by atoms with van der Waals surface area (Å²) in [5.41, 5.74) is 2.61. The fourth-order valence-electron chi connectivity index (χ4n) is 2.50. The number of nitrogens with zero attached hydrogens (tertiary/aromatic N) is 1. The standard InChI is InChI=1S/C13H12ClNOS/c1-7-9(6-16)12(14)11-8-4-2-3-5-10(8)17-13(11)15-7/h6H,2-5H2,1H3. The van der Waals surface area contributed by atoms with Crippen LogP contribution in [0.25, 0.3) is 10.2 Å². The van der Waals surface area contributed by atoms with E-state index in [-0.39, 0.29) is 0 Å². The highest BCUT2D eigenvalue weighted by Crippen LogP contribution is 2.40. The number of hydrogen-bond acceptors (Lipinski definition) is 3. The van der Waals surface area contributed by atoms with Crippen LogP contribution in [0, 0.1) is 6.92 Å². The molecule has 2 heterocycles. The number of halogens is 1. The molecule has 3 rings (SSSR count). The molecule has 88 valence electrons. The van der Waals surface area contributed by atoms with Crippen molar-refractivity contribution in [3.8, 4) is 0 Å². The predicted octanol–water partition coefficient (Wildman–Crippen LogP) is 3.95. The first-order valence-corrected chi connectivity index (χ1v) is 6.97. The number of aromatic nitrogens is 1. The molecular weight excluding hydrogens is 254 g/mol. The molecule has 2 nitrogen and oxygen atoms in total. The molecule has 0 bridgehead atoms. The molecule has 0 spiro atoms. The van der Waals surface area contributed by atoms with Gasteiger partial charge in [-0.15, -0.1) is 11.3 Å². The van der Waals surface area contributed by atoms with E-state index in [2.05, 4.69) is 4.98 Å². The largest absolute Gasteiger partial charge is 0.298 e. The van der Waals surface area contributed by atoms with Gasteiger partial charge in [0.2, 0.25) is 0 Å². The van der Waals surface area contributed by atoms with Crippen LogP contribution in [0.1, 0.15) is 39.3 Å². The van der Waals surface area contributed by atoms with Gasteiger partial charge in [-0.25, -0.2) is 4.98 Å². The molecule has 0 amide bonds. The fraction of sp³-hybridized carbons (Fsp3) is 0.385. The molecule has 1 aliphatic carbocycles. The molecule has 0 fully saturated rings. The van der Waals surface area contributed by atoms with Crippen molar-refractivity contribution in [1.29, 1.82) is 0 Å². The summed E-state index contributed by atoms with van der Waals surface area (Å²) < 4.78 is 0. The smallest absolute Gasteiger partial charge is 0.153 e. The van der Waals surface area contributed by atoms with E-state index in [9.17, 15) is 4.79 Å². The van der Waals surface area contributed by atoms with Gasteiger partial charge >= 0.3 is 0 Å². The molecular formula is C13H12ClNOS. The first kappa shape index (κ1) is 11.2. The maximum Gasteiger partial charge on any atom is 0.153 e. The van der Waals surface area contributed by atoms with Gasteiger partial charge in [-0.3, -0.25) is 4.79 Å². The number of aryl methyl sites for hydroxylation is 3. The van der Waals surface area contributed by atoms with Crippen molar-refractivity contribution < 1.29 is 4.79 Å². The minimum atomic E-state index is 0.547. The molecule has 17 heavy (non-hydrogen) atoms. The Morgan fingerprint density at radius 1 is 1.35 bits per heavy atom. The monoisotopic (exact) mass is 265 g/mol. The lowest BCUT2D eigenvalue weighted by Crippen LogP contribution is -1.99. The minimum absolute atomic E-state index is 0.547. The fourth-order valence-corrected chi connectivity index (χ4v) is 4.26. The minimum Gasteiger partial charge on any atom is -0.298 e. The third-order valence-corrected chi connectivity index (χ3v) is 4.96. The number of carbonyl (C=O) groups is 1. The highest BCUT2D eigenvalue weighted by Gasteiger charge is 2.21. The van der Waals surface area contributed by atoms with E-state index < -0.39 is 0 Å². The summed E-state index contributed by atoms with van der Waals surface area (Å²) in [6.07, 6.45) is 5.47. The van der Waals surface area contributed by atoms with Gasteiger partial charge in [-0.1, -0.05) is 11.6 Å². The van der Waals surface area contributed by atoms with E-state index in [4.69, 9.17) is 11.6 Å². The third kappa shape index (κ3) is 1.60. The van der Waals surface area contributed by atoms with Gasteiger partial charge in [0.05, 0.1) is 16.3 Å². The Hall–Kier alpha value is -0.930. The lowest BCUT2D eigenvalue weighted by Gasteiger charge is -2.11. The zero-order valence-corrected chi connectivity index (χ0v) is 11.1. The van der Waals surface area contributed by atoms with Crippen LogP contribution in [0.3, 0.4) is 0 Å². The second-order valence-corrected chi connectivity index (χ2v) is 5.90. The molecule has 0 saturated carbocycles. The second kappa shape index (κ2) is 4.07.